The van der Waals surface area contributed by atoms with Crippen molar-refractivity contribution in [3.63, 3.8) is 0 Å². The lowest BCUT2D eigenvalue weighted by Crippen LogP contribution is -2.17. The molecule has 0 heterocycles. The van der Waals surface area contributed by atoms with Gasteiger partial charge in [-0.3, -0.25) is 0 Å². The predicted octanol–water partition coefficient (Wildman–Crippen LogP) is 4.78. The number of hydrogen-bond donors (Lipinski definition) is 0. The van der Waals surface area contributed by atoms with Gasteiger partial charge in [0.1, 0.15) is 0 Å². The molecule has 0 rings (SSSR count). The lowest BCUT2D eigenvalue weighted by atomic mass is 9.94. The number of rotatable bonds is 8. The molecule has 0 aliphatic heterocycles. The minimum atomic E-state index is 0.548. The van der Waals surface area contributed by atoms with Crippen LogP contribution in [-0.4, -0.2) is 5.16 Å². The summed E-state index contributed by atoms with van der Waals surface area (Å²) in [5.41, 5.74) is 0. The van der Waals surface area contributed by atoms with E-state index in [2.05, 4.69) is 30.0 Å². The van der Waals surface area contributed by atoms with Crippen LogP contribution < -0.4 is 0 Å². The highest BCUT2D eigenvalue weighted by molar-refractivity contribution is 7.18. The van der Waals surface area contributed by atoms with Gasteiger partial charge in [-0.25, -0.2) is 0 Å². The Bertz CT molecular complexity index is 106. The molecule has 0 fully saturated rings. The van der Waals surface area contributed by atoms with Gasteiger partial charge in [0.05, 0.1) is 0 Å². The summed E-state index contributed by atoms with van der Waals surface area (Å²) in [5.74, 6) is 0. The fourth-order valence-corrected chi connectivity index (χ4v) is 1.89. The maximum absolute atomic E-state index is 3.07. The highest BCUT2D eigenvalue weighted by Crippen LogP contribution is 2.32. The smallest absolute Gasteiger partial charge is 0.0155 e. The van der Waals surface area contributed by atoms with E-state index in [1.54, 1.807) is 0 Å². The molecule has 13 heavy (non-hydrogen) atoms. The molecular weight excluding hydrogens is 175 g/mol. The van der Waals surface area contributed by atoms with Gasteiger partial charge in [-0.15, -0.1) is 9.24 Å². The van der Waals surface area contributed by atoms with Crippen LogP contribution in [0.25, 0.3) is 0 Å². The summed E-state index contributed by atoms with van der Waals surface area (Å²) in [4.78, 5) is 0. The predicted molar refractivity (Wildman–Crippen MR) is 66.4 cm³/mol. The van der Waals surface area contributed by atoms with Gasteiger partial charge in [0.2, 0.25) is 0 Å². The molecule has 0 aliphatic rings. The van der Waals surface area contributed by atoms with Gasteiger partial charge in [0.15, 0.2) is 0 Å². The Kier molecular flexibility index (Phi) is 8.06. The molecule has 0 amide bonds. The van der Waals surface area contributed by atoms with Crippen molar-refractivity contribution in [3.8, 4) is 0 Å². The minimum absolute atomic E-state index is 0.548. The Morgan fingerprint density at radius 2 is 1.38 bits per heavy atom. The molecule has 0 aromatic carbocycles. The van der Waals surface area contributed by atoms with Crippen LogP contribution in [0, 0.1) is 0 Å². The summed E-state index contributed by atoms with van der Waals surface area (Å²) >= 11 is 0. The lowest BCUT2D eigenvalue weighted by molar-refractivity contribution is 0.470. The largest absolute Gasteiger partial charge is 0.131 e. The molecule has 1 unspecified atom stereocenters. The maximum atomic E-state index is 3.07. The van der Waals surface area contributed by atoms with Crippen molar-refractivity contribution in [2.24, 2.45) is 0 Å². The summed E-state index contributed by atoms with van der Waals surface area (Å²) in [7, 11) is 3.07. The van der Waals surface area contributed by atoms with E-state index in [0.29, 0.717) is 5.16 Å². The van der Waals surface area contributed by atoms with E-state index in [0.717, 1.165) is 0 Å². The van der Waals surface area contributed by atoms with E-state index in [4.69, 9.17) is 0 Å². The molecule has 0 aromatic rings. The van der Waals surface area contributed by atoms with Crippen LogP contribution in [0.5, 0.6) is 0 Å². The van der Waals surface area contributed by atoms with Gasteiger partial charge in [-0.05, 0) is 24.4 Å². The van der Waals surface area contributed by atoms with E-state index in [9.17, 15) is 0 Å². The SMILES string of the molecule is CCCCCCCC(P)(CC)CC. The highest BCUT2D eigenvalue weighted by atomic mass is 31.0. The van der Waals surface area contributed by atoms with Crippen LogP contribution >= 0.6 is 9.24 Å². The van der Waals surface area contributed by atoms with Crippen molar-refractivity contribution in [3.05, 3.63) is 0 Å². The number of hydrogen-bond acceptors (Lipinski definition) is 0. The molecule has 0 aromatic heterocycles. The first-order chi connectivity index (χ1) is 6.18. The quantitative estimate of drug-likeness (QED) is 0.392. The van der Waals surface area contributed by atoms with Gasteiger partial charge >= 0.3 is 0 Å². The van der Waals surface area contributed by atoms with Crippen LogP contribution in [0.4, 0.5) is 0 Å². The molecule has 0 aliphatic carbocycles. The van der Waals surface area contributed by atoms with E-state index in [1.165, 1.54) is 51.4 Å². The highest BCUT2D eigenvalue weighted by Gasteiger charge is 2.18. The van der Waals surface area contributed by atoms with Crippen molar-refractivity contribution < 1.29 is 0 Å². The summed E-state index contributed by atoms with van der Waals surface area (Å²) in [6.07, 6.45) is 11.1. The topological polar surface area (TPSA) is 0 Å². The second-order valence-electron chi connectivity index (χ2n) is 4.23. The van der Waals surface area contributed by atoms with Crippen molar-refractivity contribution in [2.45, 2.75) is 77.3 Å². The molecule has 0 nitrogen and oxygen atoms in total. The monoisotopic (exact) mass is 202 g/mol. The van der Waals surface area contributed by atoms with Crippen LogP contribution in [0.15, 0.2) is 0 Å². The Morgan fingerprint density at radius 1 is 0.846 bits per heavy atom. The lowest BCUT2D eigenvalue weighted by Gasteiger charge is -2.26. The molecule has 1 atom stereocenters. The number of unbranched alkanes of at least 4 members (excludes halogenated alkanes) is 4. The molecule has 0 saturated heterocycles. The third-order valence-electron chi connectivity index (χ3n) is 3.19. The van der Waals surface area contributed by atoms with E-state index in [-0.39, 0.29) is 0 Å². The second kappa shape index (κ2) is 7.80. The van der Waals surface area contributed by atoms with Crippen molar-refractivity contribution >= 4 is 9.24 Å². The molecular formula is C12H27P. The first-order valence-corrected chi connectivity index (χ1v) is 6.55. The van der Waals surface area contributed by atoms with Gasteiger partial charge in [0.25, 0.3) is 0 Å². The zero-order valence-corrected chi connectivity index (χ0v) is 10.9. The Hall–Kier alpha value is 0.430. The van der Waals surface area contributed by atoms with Crippen LogP contribution in [0.3, 0.4) is 0 Å². The Morgan fingerprint density at radius 3 is 1.85 bits per heavy atom. The van der Waals surface area contributed by atoms with Gasteiger partial charge in [0, 0.05) is 0 Å². The van der Waals surface area contributed by atoms with Gasteiger partial charge in [-0.1, -0.05) is 52.9 Å². The average molecular weight is 202 g/mol. The third-order valence-corrected chi connectivity index (χ3v) is 4.29. The molecule has 80 valence electrons. The fourth-order valence-electron chi connectivity index (χ4n) is 1.68. The molecule has 0 N–H and O–H groups in total. The first kappa shape index (κ1) is 13.4. The van der Waals surface area contributed by atoms with E-state index >= 15 is 0 Å². The van der Waals surface area contributed by atoms with Gasteiger partial charge < -0.3 is 0 Å². The van der Waals surface area contributed by atoms with Crippen molar-refractivity contribution in [1.82, 2.24) is 0 Å². The second-order valence-corrected chi connectivity index (χ2v) is 5.46. The average Bonchev–Trinajstić information content (AvgIpc) is 2.17. The third kappa shape index (κ3) is 6.49. The molecule has 0 spiro atoms. The first-order valence-electron chi connectivity index (χ1n) is 5.97. The molecule has 0 bridgehead atoms. The maximum Gasteiger partial charge on any atom is -0.0155 e. The van der Waals surface area contributed by atoms with Crippen LogP contribution in [0.2, 0.25) is 0 Å². The van der Waals surface area contributed by atoms with E-state index in [1.807, 2.05) is 0 Å². The zero-order chi connectivity index (χ0) is 10.2. The summed E-state index contributed by atoms with van der Waals surface area (Å²) in [6.45, 7) is 6.89. The fraction of sp³-hybridized carbons (Fsp3) is 1.00. The minimum Gasteiger partial charge on any atom is -0.131 e. The standard InChI is InChI=1S/C12H27P/c1-4-7-8-9-10-11-12(13,5-2)6-3/h4-11,13H2,1-3H3. The zero-order valence-electron chi connectivity index (χ0n) is 9.73. The Labute approximate surface area is 87.1 Å². The molecule has 0 radical (unpaired) electrons. The van der Waals surface area contributed by atoms with Gasteiger partial charge in [-0.2, -0.15) is 0 Å². The molecule has 0 saturated carbocycles. The summed E-state index contributed by atoms with van der Waals surface area (Å²) in [5, 5.41) is 0.548. The van der Waals surface area contributed by atoms with Crippen LogP contribution in [-0.2, 0) is 0 Å². The van der Waals surface area contributed by atoms with Crippen LogP contribution in [0.1, 0.15) is 72.1 Å². The van der Waals surface area contributed by atoms with E-state index < -0.39 is 0 Å². The summed E-state index contributed by atoms with van der Waals surface area (Å²) < 4.78 is 0. The summed E-state index contributed by atoms with van der Waals surface area (Å²) in [6, 6.07) is 0. The normalized spacial score (nSPS) is 12.0. The molecule has 1 heteroatoms. The van der Waals surface area contributed by atoms with Crippen molar-refractivity contribution in [2.75, 3.05) is 0 Å². The van der Waals surface area contributed by atoms with Crippen molar-refractivity contribution in [1.29, 1.82) is 0 Å². The Balaban J connectivity index is 3.39.